The second-order valence-corrected chi connectivity index (χ2v) is 13.3. The van der Waals surface area contributed by atoms with E-state index in [2.05, 4.69) is 55.1 Å². The van der Waals surface area contributed by atoms with E-state index in [0.29, 0.717) is 49.5 Å². The molecule has 0 atom stereocenters. The Labute approximate surface area is 332 Å². The van der Waals surface area contributed by atoms with Crippen LogP contribution >= 0.6 is 11.6 Å². The molecule has 0 saturated carbocycles. The van der Waals surface area contributed by atoms with Crippen LogP contribution in [0.25, 0.3) is 11.1 Å². The third kappa shape index (κ3) is 10.9. The van der Waals surface area contributed by atoms with Gasteiger partial charge in [0.05, 0.1) is 12.8 Å². The Morgan fingerprint density at radius 1 is 0.759 bits per heavy atom. The number of pyridine rings is 1. The summed E-state index contributed by atoms with van der Waals surface area (Å²) in [6.45, 7) is 3.75. The molecule has 0 spiro atoms. The molecule has 0 aliphatic carbocycles. The second kappa shape index (κ2) is 17.8. The number of urea groups is 1. The summed E-state index contributed by atoms with van der Waals surface area (Å²) in [7, 11) is 0. The molecule has 5 aromatic rings. The fourth-order valence-corrected chi connectivity index (χ4v) is 5.97. The van der Waals surface area contributed by atoms with Gasteiger partial charge in [0.15, 0.2) is 5.82 Å². The lowest BCUT2D eigenvalue weighted by atomic mass is 10.0. The number of carbonyl (C=O) groups excluding carboxylic acids is 3. The van der Waals surface area contributed by atoms with Crippen LogP contribution in [0.1, 0.15) is 11.1 Å². The topological polar surface area (TPSA) is 142 Å². The van der Waals surface area contributed by atoms with Crippen molar-refractivity contribution >= 4 is 58.2 Å². The molecule has 0 unspecified atom stereocenters. The Kier molecular flexibility index (Phi) is 12.6. The third-order valence-electron chi connectivity index (χ3n) is 8.73. The fraction of sp³-hybridized carbons (Fsp3) is 0.231. The van der Waals surface area contributed by atoms with Crippen molar-refractivity contribution in [2.75, 3.05) is 48.3 Å². The minimum absolute atomic E-state index is 0.0383. The number of piperazine rings is 1. The molecule has 302 valence electrons. The molecule has 7 rings (SSSR count). The van der Waals surface area contributed by atoms with Crippen molar-refractivity contribution in [2.45, 2.75) is 25.3 Å². The summed E-state index contributed by atoms with van der Waals surface area (Å²) in [6, 6.07) is 28.1. The summed E-state index contributed by atoms with van der Waals surface area (Å²) in [6.07, 6.45) is -7.35. The third-order valence-corrected chi connectivity index (χ3v) is 9.01. The molecule has 19 heteroatoms. The van der Waals surface area contributed by atoms with E-state index >= 15 is 0 Å². The zero-order valence-corrected chi connectivity index (χ0v) is 31.0. The first kappa shape index (κ1) is 41.2. The predicted molar refractivity (Wildman–Crippen MR) is 204 cm³/mol. The van der Waals surface area contributed by atoms with Gasteiger partial charge in [-0.25, -0.2) is 14.8 Å². The lowest BCUT2D eigenvalue weighted by molar-refractivity contribution is -0.193. The van der Waals surface area contributed by atoms with Crippen LogP contribution in [-0.4, -0.2) is 82.6 Å². The number of anilines is 5. The van der Waals surface area contributed by atoms with Crippen LogP contribution in [0.3, 0.4) is 0 Å². The zero-order chi connectivity index (χ0) is 41.5. The number of rotatable bonds is 5. The first-order chi connectivity index (χ1) is 27.6. The van der Waals surface area contributed by atoms with E-state index in [-0.39, 0.29) is 6.03 Å². The minimum atomic E-state index is -5.77. The number of fused-ring (bicyclic) bond motifs is 6. The molecule has 3 N–H and O–H groups in total. The van der Waals surface area contributed by atoms with Gasteiger partial charge < -0.3 is 30.5 Å². The van der Waals surface area contributed by atoms with Crippen molar-refractivity contribution in [3.05, 3.63) is 113 Å². The Hall–Kier alpha value is -6.43. The van der Waals surface area contributed by atoms with Crippen molar-refractivity contribution in [1.82, 2.24) is 25.2 Å². The second-order valence-electron chi connectivity index (χ2n) is 12.9. The summed E-state index contributed by atoms with van der Waals surface area (Å²) in [5.41, 5.74) is 5.86. The molecule has 6 bridgehead atoms. The van der Waals surface area contributed by atoms with E-state index in [9.17, 15) is 40.7 Å². The van der Waals surface area contributed by atoms with E-state index < -0.39 is 23.9 Å². The highest BCUT2D eigenvalue weighted by atomic mass is 35.5. The predicted octanol–water partition coefficient (Wildman–Crippen LogP) is 7.90. The smallest absolute Gasteiger partial charge is 0.458 e. The molecular weight excluding hydrogens is 794 g/mol. The van der Waals surface area contributed by atoms with E-state index in [0.717, 1.165) is 58.3 Å². The summed E-state index contributed by atoms with van der Waals surface area (Å²) in [4.78, 5) is 49.9. The van der Waals surface area contributed by atoms with Crippen LogP contribution in [-0.2, 0) is 22.6 Å². The lowest BCUT2D eigenvalue weighted by Crippen LogP contribution is -2.51. The number of ether oxygens (including phenoxy) is 1. The number of Topliss-reactive ketones (excluding diaryl/α,β-unsaturated/α-hetero) is 2. The fourth-order valence-electron chi connectivity index (χ4n) is 5.83. The largest absolute Gasteiger partial charge is 0.493 e. The number of amides is 2. The molecular formula is C39H33ClF6N8O4. The number of ketones is 2. The number of aromatic nitrogens is 3. The number of hydrogen-bond donors (Lipinski definition) is 3. The maximum Gasteiger partial charge on any atom is 0.458 e. The first-order valence-electron chi connectivity index (χ1n) is 17.6. The summed E-state index contributed by atoms with van der Waals surface area (Å²) in [5.74, 6) is -4.23. The highest BCUT2D eigenvalue weighted by Crippen LogP contribution is 2.31. The molecule has 2 aliphatic rings. The maximum atomic E-state index is 12.7. The molecule has 1 fully saturated rings. The van der Waals surface area contributed by atoms with E-state index in [1.807, 2.05) is 71.8 Å². The molecule has 12 nitrogen and oxygen atoms in total. The van der Waals surface area contributed by atoms with Gasteiger partial charge in [0, 0.05) is 68.3 Å². The number of nitrogens with zero attached hydrogens (tertiary/aromatic N) is 5. The molecule has 3 aromatic carbocycles. The van der Waals surface area contributed by atoms with Gasteiger partial charge in [-0.3, -0.25) is 9.59 Å². The maximum absolute atomic E-state index is 12.7. The molecule has 0 radical (unpaired) electrons. The summed E-state index contributed by atoms with van der Waals surface area (Å²) >= 11 is 6.41. The van der Waals surface area contributed by atoms with Gasteiger partial charge in [0.25, 0.3) is 0 Å². The quantitative estimate of drug-likeness (QED) is 0.118. The number of alkyl halides is 6. The first-order valence-corrected chi connectivity index (χ1v) is 17.9. The van der Waals surface area contributed by atoms with Gasteiger partial charge in [0.1, 0.15) is 16.6 Å². The van der Waals surface area contributed by atoms with Crippen LogP contribution in [0.5, 0.6) is 5.75 Å². The van der Waals surface area contributed by atoms with E-state index in [1.165, 1.54) is 0 Å². The molecule has 2 aromatic heterocycles. The van der Waals surface area contributed by atoms with Gasteiger partial charge in [-0.2, -0.15) is 31.3 Å². The number of halogens is 7. The minimum Gasteiger partial charge on any atom is -0.493 e. The van der Waals surface area contributed by atoms with Crippen LogP contribution < -0.4 is 25.6 Å². The molecule has 58 heavy (non-hydrogen) atoms. The van der Waals surface area contributed by atoms with Gasteiger partial charge in [0.2, 0.25) is 5.95 Å². The van der Waals surface area contributed by atoms with Gasteiger partial charge >= 0.3 is 30.0 Å². The highest BCUT2D eigenvalue weighted by molar-refractivity contribution is 6.41. The zero-order valence-electron chi connectivity index (χ0n) is 30.2. The Bertz CT molecular complexity index is 2230. The van der Waals surface area contributed by atoms with Gasteiger partial charge in [-0.1, -0.05) is 54.1 Å². The van der Waals surface area contributed by atoms with Crippen LogP contribution in [0.15, 0.2) is 97.3 Å². The molecule has 2 amide bonds. The SMILES string of the molecule is O=C(C(=O)C(F)(F)F)C(F)(F)F.O=C(NCc1ccccc1)N1CCN(c2ccc(-c3cc4cc(c3)Nc3ncc(Cl)c(n3)Nc3cccc(c3)OCC4)cn2)CC1. The van der Waals surface area contributed by atoms with Gasteiger partial charge in [-0.05, 0) is 53.1 Å². The van der Waals surface area contributed by atoms with Crippen LogP contribution in [0, 0.1) is 0 Å². The van der Waals surface area contributed by atoms with E-state index in [4.69, 9.17) is 21.3 Å². The van der Waals surface area contributed by atoms with Crippen molar-refractivity contribution in [1.29, 1.82) is 0 Å². The monoisotopic (exact) mass is 826 g/mol. The standard InChI is InChI=1S/C35H33ClN8O2.C4F6O2/c36-31-23-38-34-41-29-18-25(11-16-46-30-8-4-7-28(20-30)40-33(31)42-34)17-27(19-29)26-9-10-32(37-22-26)43-12-14-44(15-13-43)35(45)39-21-24-5-2-1-3-6-24;5-3(6,7)1(11)2(12)4(8,9)10/h1-10,17-20,22-23H,11-16,21H2,(H,39,45)(H2,38,40,41,42);. The normalized spacial score (nSPS) is 14.0. The van der Waals surface area contributed by atoms with Crippen molar-refractivity contribution in [2.24, 2.45) is 0 Å². The highest BCUT2D eigenvalue weighted by Gasteiger charge is 2.54. The van der Waals surface area contributed by atoms with Crippen molar-refractivity contribution in [3.63, 3.8) is 0 Å². The molecule has 1 saturated heterocycles. The van der Waals surface area contributed by atoms with Crippen LogP contribution in [0.4, 0.5) is 60.1 Å². The average molecular weight is 827 g/mol. The Morgan fingerprint density at radius 2 is 1.48 bits per heavy atom. The van der Waals surface area contributed by atoms with Gasteiger partial charge in [-0.15, -0.1) is 0 Å². The average Bonchev–Trinajstić information content (AvgIpc) is 3.20. The lowest BCUT2D eigenvalue weighted by Gasteiger charge is -2.35. The molecule has 4 heterocycles. The summed E-state index contributed by atoms with van der Waals surface area (Å²) < 4.78 is 73.0. The number of nitrogens with one attached hydrogen (secondary N) is 3. The number of carbonyl (C=O) groups is 3. The van der Waals surface area contributed by atoms with Crippen molar-refractivity contribution in [3.8, 4) is 16.9 Å². The summed E-state index contributed by atoms with van der Waals surface area (Å²) in [5, 5.41) is 10.1. The Morgan fingerprint density at radius 3 is 2.16 bits per heavy atom. The number of hydrogen-bond acceptors (Lipinski definition) is 10. The molecule has 2 aliphatic heterocycles. The number of benzene rings is 3. The van der Waals surface area contributed by atoms with E-state index in [1.54, 1.807) is 6.20 Å². The Balaban J connectivity index is 0.000000412. The van der Waals surface area contributed by atoms with Crippen LogP contribution in [0.2, 0.25) is 5.02 Å². The van der Waals surface area contributed by atoms with Crippen molar-refractivity contribution < 1.29 is 45.5 Å².